The number of hydrogen-bond donors (Lipinski definition) is 0. The number of halogens is 4. The van der Waals surface area contributed by atoms with Crippen LogP contribution in [-0.4, -0.2) is 14.8 Å². The normalized spacial score (nSPS) is 17.0. The van der Waals surface area contributed by atoms with E-state index in [1.54, 1.807) is 6.08 Å². The summed E-state index contributed by atoms with van der Waals surface area (Å²) in [4.78, 5) is 14.1. The van der Waals surface area contributed by atoms with Crippen LogP contribution in [0.25, 0.3) is 6.08 Å². The zero-order chi connectivity index (χ0) is 18.4. The number of carbonyl (C=O) groups excluding carboxylic acids is 1. The van der Waals surface area contributed by atoms with Crippen molar-refractivity contribution in [2.75, 3.05) is 4.90 Å². The van der Waals surface area contributed by atoms with Gasteiger partial charge in [-0.05, 0) is 36.4 Å². The first-order chi connectivity index (χ1) is 11.7. The standard InChI is InChI=1S/C16H10ClF3N2OS2/c1-21-6-2-3-9(21)8-13-14(23)22(15(24)25-13)10-4-5-12(17)11(7-10)16(18,19)20/h2-8H,1H3. The van der Waals surface area contributed by atoms with Gasteiger partial charge in [0.2, 0.25) is 0 Å². The molecule has 0 bridgehead atoms. The van der Waals surface area contributed by atoms with Crippen molar-refractivity contribution in [1.29, 1.82) is 0 Å². The van der Waals surface area contributed by atoms with E-state index in [9.17, 15) is 18.0 Å². The van der Waals surface area contributed by atoms with Crippen molar-refractivity contribution in [1.82, 2.24) is 4.57 Å². The molecule has 1 aromatic heterocycles. The Kier molecular flexibility index (Phi) is 4.70. The smallest absolute Gasteiger partial charge is 0.351 e. The van der Waals surface area contributed by atoms with Gasteiger partial charge in [0.05, 0.1) is 21.2 Å². The predicted octanol–water partition coefficient (Wildman–Crippen LogP) is 5.10. The number of amides is 1. The number of alkyl halides is 3. The molecule has 1 saturated heterocycles. The van der Waals surface area contributed by atoms with Gasteiger partial charge in [-0.25, -0.2) is 0 Å². The molecule has 0 unspecified atom stereocenters. The van der Waals surface area contributed by atoms with Crippen LogP contribution >= 0.6 is 35.6 Å². The molecule has 25 heavy (non-hydrogen) atoms. The molecular formula is C16H10ClF3N2OS2. The van der Waals surface area contributed by atoms with E-state index in [2.05, 4.69) is 0 Å². The molecule has 3 nitrogen and oxygen atoms in total. The van der Waals surface area contributed by atoms with Crippen LogP contribution < -0.4 is 4.90 Å². The number of aromatic nitrogens is 1. The molecule has 0 atom stereocenters. The number of anilines is 1. The van der Waals surface area contributed by atoms with Crippen LogP contribution in [0.3, 0.4) is 0 Å². The van der Waals surface area contributed by atoms with Gasteiger partial charge < -0.3 is 4.57 Å². The van der Waals surface area contributed by atoms with Crippen molar-refractivity contribution in [2.45, 2.75) is 6.18 Å². The lowest BCUT2D eigenvalue weighted by atomic mass is 10.1. The highest BCUT2D eigenvalue weighted by Crippen LogP contribution is 2.40. The number of rotatable bonds is 2. The molecule has 1 aromatic carbocycles. The molecule has 0 spiro atoms. The second-order valence-corrected chi connectivity index (χ2v) is 7.31. The van der Waals surface area contributed by atoms with Gasteiger partial charge in [0.25, 0.3) is 5.91 Å². The minimum Gasteiger partial charge on any atom is -0.351 e. The highest BCUT2D eigenvalue weighted by Gasteiger charge is 2.37. The first kappa shape index (κ1) is 18.0. The number of thioether (sulfide) groups is 1. The van der Waals surface area contributed by atoms with E-state index in [0.29, 0.717) is 4.91 Å². The fourth-order valence-electron chi connectivity index (χ4n) is 2.32. The first-order valence-corrected chi connectivity index (χ1v) is 8.55. The van der Waals surface area contributed by atoms with Crippen molar-refractivity contribution >= 4 is 57.6 Å². The number of carbonyl (C=O) groups is 1. The van der Waals surface area contributed by atoms with E-state index in [-0.39, 0.29) is 10.0 Å². The summed E-state index contributed by atoms with van der Waals surface area (Å²) in [5, 5.41) is -0.430. The van der Waals surface area contributed by atoms with Gasteiger partial charge in [-0.3, -0.25) is 9.69 Å². The molecule has 1 amide bonds. The van der Waals surface area contributed by atoms with Gasteiger partial charge >= 0.3 is 6.18 Å². The molecule has 1 aliphatic rings. The Hall–Kier alpha value is -1.77. The number of nitrogens with zero attached hydrogens (tertiary/aromatic N) is 2. The van der Waals surface area contributed by atoms with Crippen molar-refractivity contribution in [3.05, 3.63) is 57.7 Å². The summed E-state index contributed by atoms with van der Waals surface area (Å²) in [5.41, 5.74) is -0.186. The third-order valence-electron chi connectivity index (χ3n) is 3.57. The Balaban J connectivity index is 1.99. The summed E-state index contributed by atoms with van der Waals surface area (Å²) < 4.78 is 41.1. The molecule has 1 fully saturated rings. The third-order valence-corrected chi connectivity index (χ3v) is 5.20. The molecular weight excluding hydrogens is 393 g/mol. The Morgan fingerprint density at radius 2 is 2.00 bits per heavy atom. The van der Waals surface area contributed by atoms with Crippen LogP contribution in [0, 0.1) is 0 Å². The summed E-state index contributed by atoms with van der Waals surface area (Å²) in [7, 11) is 1.82. The predicted molar refractivity (Wildman–Crippen MR) is 97.5 cm³/mol. The Morgan fingerprint density at radius 3 is 2.60 bits per heavy atom. The van der Waals surface area contributed by atoms with Crippen LogP contribution in [0.1, 0.15) is 11.3 Å². The van der Waals surface area contributed by atoms with Gasteiger partial charge in [-0.15, -0.1) is 0 Å². The van der Waals surface area contributed by atoms with E-state index in [1.165, 1.54) is 6.07 Å². The quantitative estimate of drug-likeness (QED) is 0.516. The Bertz CT molecular complexity index is 905. The van der Waals surface area contributed by atoms with Gasteiger partial charge in [-0.2, -0.15) is 13.2 Å². The van der Waals surface area contributed by atoms with E-state index >= 15 is 0 Å². The molecule has 0 aliphatic carbocycles. The summed E-state index contributed by atoms with van der Waals surface area (Å²) in [5.74, 6) is -0.466. The van der Waals surface area contributed by atoms with Crippen molar-refractivity contribution in [3.8, 4) is 0 Å². The van der Waals surface area contributed by atoms with Gasteiger partial charge in [0.15, 0.2) is 4.32 Å². The second kappa shape index (κ2) is 6.51. The summed E-state index contributed by atoms with van der Waals surface area (Å²) in [6.07, 6.45) is -1.15. The molecule has 0 radical (unpaired) electrons. The molecule has 0 N–H and O–H groups in total. The van der Waals surface area contributed by atoms with Crippen molar-refractivity contribution < 1.29 is 18.0 Å². The maximum absolute atomic E-state index is 13.0. The molecule has 3 rings (SSSR count). The van der Waals surface area contributed by atoms with E-state index in [4.69, 9.17) is 23.8 Å². The largest absolute Gasteiger partial charge is 0.417 e. The molecule has 2 heterocycles. The van der Waals surface area contributed by atoms with Crippen molar-refractivity contribution in [2.24, 2.45) is 7.05 Å². The summed E-state index contributed by atoms with van der Waals surface area (Å²) >= 11 is 11.8. The lowest BCUT2D eigenvalue weighted by Gasteiger charge is -2.17. The maximum atomic E-state index is 13.0. The number of benzene rings is 1. The van der Waals surface area contributed by atoms with Gasteiger partial charge in [-0.1, -0.05) is 35.6 Å². The van der Waals surface area contributed by atoms with E-state index in [0.717, 1.165) is 34.5 Å². The highest BCUT2D eigenvalue weighted by atomic mass is 35.5. The number of aryl methyl sites for hydroxylation is 1. The third kappa shape index (κ3) is 3.47. The van der Waals surface area contributed by atoms with Crippen LogP contribution in [-0.2, 0) is 18.0 Å². The average molecular weight is 403 g/mol. The Morgan fingerprint density at radius 1 is 1.28 bits per heavy atom. The minimum absolute atomic E-state index is 0.0366. The zero-order valence-corrected chi connectivity index (χ0v) is 15.1. The van der Waals surface area contributed by atoms with Crippen LogP contribution in [0.5, 0.6) is 0 Å². The molecule has 130 valence electrons. The van der Waals surface area contributed by atoms with Gasteiger partial charge in [0, 0.05) is 18.9 Å². The second-order valence-electron chi connectivity index (χ2n) is 5.22. The fraction of sp³-hybridized carbons (Fsp3) is 0.125. The molecule has 0 saturated carbocycles. The monoisotopic (exact) mass is 402 g/mol. The lowest BCUT2D eigenvalue weighted by molar-refractivity contribution is -0.137. The zero-order valence-electron chi connectivity index (χ0n) is 12.7. The van der Waals surface area contributed by atoms with Crippen LogP contribution in [0.15, 0.2) is 41.4 Å². The number of thiocarbonyl (C=S) groups is 1. The summed E-state index contributed by atoms with van der Waals surface area (Å²) in [6, 6.07) is 6.92. The number of hydrogen-bond acceptors (Lipinski definition) is 3. The highest BCUT2D eigenvalue weighted by molar-refractivity contribution is 8.27. The van der Waals surface area contributed by atoms with Crippen LogP contribution in [0.4, 0.5) is 18.9 Å². The molecule has 2 aromatic rings. The van der Waals surface area contributed by atoms with Crippen molar-refractivity contribution in [3.63, 3.8) is 0 Å². The van der Waals surface area contributed by atoms with Gasteiger partial charge in [0.1, 0.15) is 0 Å². The van der Waals surface area contributed by atoms with E-state index in [1.807, 2.05) is 29.9 Å². The minimum atomic E-state index is -4.62. The SMILES string of the molecule is Cn1cccc1C=C1SC(=S)N(c2ccc(Cl)c(C(F)(F)F)c2)C1=O. The lowest BCUT2D eigenvalue weighted by Crippen LogP contribution is -2.27. The Labute approximate surface area is 156 Å². The topological polar surface area (TPSA) is 25.2 Å². The molecule has 1 aliphatic heterocycles. The molecule has 9 heteroatoms. The van der Waals surface area contributed by atoms with Crippen LogP contribution in [0.2, 0.25) is 5.02 Å². The first-order valence-electron chi connectivity index (χ1n) is 6.94. The van der Waals surface area contributed by atoms with E-state index < -0.39 is 22.7 Å². The average Bonchev–Trinajstić information content (AvgIpc) is 3.03. The summed E-state index contributed by atoms with van der Waals surface area (Å²) in [6.45, 7) is 0. The maximum Gasteiger partial charge on any atom is 0.417 e. The fourth-order valence-corrected chi connectivity index (χ4v) is 3.83.